The van der Waals surface area contributed by atoms with Crippen molar-refractivity contribution >= 4 is 39.9 Å². The molecule has 5 nitrogen and oxygen atoms in total. The largest absolute Gasteiger partial charge is 0.378 e. The van der Waals surface area contributed by atoms with Gasteiger partial charge in [-0.05, 0) is 48.7 Å². The van der Waals surface area contributed by atoms with E-state index in [1.54, 1.807) is 0 Å². The fourth-order valence-corrected chi connectivity index (χ4v) is 4.55. The third-order valence-corrected chi connectivity index (χ3v) is 6.30. The molecule has 0 aliphatic carbocycles. The van der Waals surface area contributed by atoms with Gasteiger partial charge in [0.1, 0.15) is 5.03 Å². The van der Waals surface area contributed by atoms with Crippen LogP contribution in [0.25, 0.3) is 10.9 Å². The zero-order valence-corrected chi connectivity index (χ0v) is 18.3. The normalized spacial score (nSPS) is 14.1. The fourth-order valence-electron chi connectivity index (χ4n) is 3.66. The average Bonchev–Trinajstić information content (AvgIpc) is 2.78. The topological polar surface area (TPSA) is 54.5 Å². The number of aryl methyl sites for hydroxylation is 2. The van der Waals surface area contributed by atoms with Crippen LogP contribution >= 0.6 is 11.8 Å². The second-order valence-electron chi connectivity index (χ2n) is 7.46. The zero-order chi connectivity index (χ0) is 20.9. The van der Waals surface area contributed by atoms with E-state index in [4.69, 9.17) is 9.72 Å². The highest BCUT2D eigenvalue weighted by Gasteiger charge is 2.16. The van der Waals surface area contributed by atoms with Crippen LogP contribution in [0.1, 0.15) is 18.1 Å². The first-order chi connectivity index (χ1) is 14.6. The smallest absolute Gasteiger partial charge is 0.234 e. The fraction of sp³-hybridized carbons (Fsp3) is 0.333. The summed E-state index contributed by atoms with van der Waals surface area (Å²) in [5.41, 5.74) is 5.24. The van der Waals surface area contributed by atoms with Gasteiger partial charge >= 0.3 is 0 Å². The molecule has 1 aromatic heterocycles. The first kappa shape index (κ1) is 20.7. The molecule has 0 spiro atoms. The number of pyridine rings is 1. The maximum atomic E-state index is 12.7. The highest BCUT2D eigenvalue weighted by molar-refractivity contribution is 8.00. The van der Waals surface area contributed by atoms with Gasteiger partial charge in [-0.2, -0.15) is 0 Å². The molecule has 1 N–H and O–H groups in total. The average molecular weight is 422 g/mol. The number of rotatable bonds is 6. The standard InChI is InChI=1S/C24H27N3O2S/c1-3-18-15-19-9-8-17(2)14-21(19)26-24(18)30-16-23(28)25-20-6-4-5-7-22(20)27-10-12-29-13-11-27/h4-9,14-15H,3,10-13,16H2,1-2H3,(H,25,28). The molecule has 1 saturated heterocycles. The van der Waals surface area contributed by atoms with E-state index in [0.29, 0.717) is 19.0 Å². The van der Waals surface area contributed by atoms with Crippen molar-refractivity contribution in [3.8, 4) is 0 Å². The third kappa shape index (κ3) is 4.77. The van der Waals surface area contributed by atoms with Crippen molar-refractivity contribution in [2.24, 2.45) is 0 Å². The number of carbonyl (C=O) groups excluding carboxylic acids is 1. The molecule has 1 aliphatic rings. The van der Waals surface area contributed by atoms with Gasteiger partial charge < -0.3 is 15.0 Å². The van der Waals surface area contributed by atoms with Crippen LogP contribution in [0.3, 0.4) is 0 Å². The van der Waals surface area contributed by atoms with Crippen molar-refractivity contribution in [3.63, 3.8) is 0 Å². The summed E-state index contributed by atoms with van der Waals surface area (Å²) < 4.78 is 5.45. The Labute approximate surface area is 181 Å². The molecule has 0 saturated carbocycles. The van der Waals surface area contributed by atoms with Gasteiger partial charge in [-0.3, -0.25) is 4.79 Å². The van der Waals surface area contributed by atoms with Crippen LogP contribution in [0.2, 0.25) is 0 Å². The lowest BCUT2D eigenvalue weighted by Gasteiger charge is -2.30. The highest BCUT2D eigenvalue weighted by atomic mass is 32.2. The highest BCUT2D eigenvalue weighted by Crippen LogP contribution is 2.28. The predicted molar refractivity (Wildman–Crippen MR) is 125 cm³/mol. The molecule has 4 rings (SSSR count). The van der Waals surface area contributed by atoms with Gasteiger partial charge in [-0.25, -0.2) is 4.98 Å². The van der Waals surface area contributed by atoms with E-state index in [0.717, 1.165) is 46.8 Å². The summed E-state index contributed by atoms with van der Waals surface area (Å²) in [6.45, 7) is 7.29. The minimum Gasteiger partial charge on any atom is -0.378 e. The Morgan fingerprint density at radius 3 is 2.77 bits per heavy atom. The lowest BCUT2D eigenvalue weighted by atomic mass is 10.1. The number of carbonyl (C=O) groups is 1. The lowest BCUT2D eigenvalue weighted by molar-refractivity contribution is -0.113. The van der Waals surface area contributed by atoms with Crippen molar-refractivity contribution in [2.45, 2.75) is 25.3 Å². The summed E-state index contributed by atoms with van der Waals surface area (Å²) in [6, 6.07) is 16.5. The van der Waals surface area contributed by atoms with Gasteiger partial charge in [0.05, 0.1) is 35.9 Å². The number of morpholine rings is 1. The van der Waals surface area contributed by atoms with Gasteiger partial charge in [-0.1, -0.05) is 43.0 Å². The van der Waals surface area contributed by atoms with E-state index in [-0.39, 0.29) is 5.91 Å². The van der Waals surface area contributed by atoms with E-state index in [1.165, 1.54) is 22.9 Å². The molecule has 30 heavy (non-hydrogen) atoms. The molecule has 0 bridgehead atoms. The summed E-state index contributed by atoms with van der Waals surface area (Å²) in [5.74, 6) is 0.309. The first-order valence-corrected chi connectivity index (χ1v) is 11.4. The van der Waals surface area contributed by atoms with Crippen LogP contribution in [0, 0.1) is 6.92 Å². The van der Waals surface area contributed by atoms with Crippen LogP contribution in [0.5, 0.6) is 0 Å². The molecular weight excluding hydrogens is 394 g/mol. The Morgan fingerprint density at radius 1 is 1.17 bits per heavy atom. The number of aromatic nitrogens is 1. The number of nitrogens with zero attached hydrogens (tertiary/aromatic N) is 2. The van der Waals surface area contributed by atoms with E-state index >= 15 is 0 Å². The van der Waals surface area contributed by atoms with Crippen molar-refractivity contribution in [3.05, 3.63) is 59.7 Å². The summed E-state index contributed by atoms with van der Waals surface area (Å²) in [4.78, 5) is 19.8. The molecule has 1 aliphatic heterocycles. The molecule has 0 radical (unpaired) electrons. The van der Waals surface area contributed by atoms with E-state index in [9.17, 15) is 4.79 Å². The van der Waals surface area contributed by atoms with E-state index in [2.05, 4.69) is 54.4 Å². The molecule has 3 aromatic rings. The number of benzene rings is 2. The number of fused-ring (bicyclic) bond motifs is 1. The predicted octanol–water partition coefficient (Wildman–Crippen LogP) is 4.67. The maximum Gasteiger partial charge on any atom is 0.234 e. The second-order valence-corrected chi connectivity index (χ2v) is 8.42. The molecule has 1 fully saturated rings. The Balaban J connectivity index is 1.47. The van der Waals surface area contributed by atoms with Crippen LogP contribution in [-0.4, -0.2) is 42.9 Å². The number of anilines is 2. The molecule has 156 valence electrons. The SMILES string of the molecule is CCc1cc2ccc(C)cc2nc1SCC(=O)Nc1ccccc1N1CCOCC1. The molecular formula is C24H27N3O2S. The monoisotopic (exact) mass is 421 g/mol. The van der Waals surface area contributed by atoms with Crippen molar-refractivity contribution in [1.82, 2.24) is 4.98 Å². The van der Waals surface area contributed by atoms with Crippen molar-refractivity contribution in [1.29, 1.82) is 0 Å². The molecule has 6 heteroatoms. The summed E-state index contributed by atoms with van der Waals surface area (Å²) in [6.07, 6.45) is 0.890. The van der Waals surface area contributed by atoms with Crippen LogP contribution in [-0.2, 0) is 16.0 Å². The number of thioether (sulfide) groups is 1. The molecule has 0 atom stereocenters. The number of nitrogens with one attached hydrogen (secondary N) is 1. The van der Waals surface area contributed by atoms with Gasteiger partial charge in [0.15, 0.2) is 0 Å². The number of para-hydroxylation sites is 2. The Kier molecular flexibility index (Phi) is 6.55. The van der Waals surface area contributed by atoms with Crippen LogP contribution < -0.4 is 10.2 Å². The quantitative estimate of drug-likeness (QED) is 0.586. The number of hydrogen-bond acceptors (Lipinski definition) is 5. The number of amides is 1. The Morgan fingerprint density at radius 2 is 1.97 bits per heavy atom. The zero-order valence-electron chi connectivity index (χ0n) is 17.5. The lowest BCUT2D eigenvalue weighted by Crippen LogP contribution is -2.36. The summed E-state index contributed by atoms with van der Waals surface area (Å²) in [7, 11) is 0. The van der Waals surface area contributed by atoms with Crippen molar-refractivity contribution in [2.75, 3.05) is 42.3 Å². The van der Waals surface area contributed by atoms with Crippen molar-refractivity contribution < 1.29 is 9.53 Å². The van der Waals surface area contributed by atoms with Gasteiger partial charge in [-0.15, -0.1) is 0 Å². The Hall–Kier alpha value is -2.57. The summed E-state index contributed by atoms with van der Waals surface area (Å²) >= 11 is 1.50. The van der Waals surface area contributed by atoms with E-state index in [1.807, 2.05) is 18.2 Å². The molecule has 2 aromatic carbocycles. The molecule has 0 unspecified atom stereocenters. The number of hydrogen-bond donors (Lipinski definition) is 1. The summed E-state index contributed by atoms with van der Waals surface area (Å²) in [5, 5.41) is 5.17. The minimum atomic E-state index is -0.0195. The van der Waals surface area contributed by atoms with Crippen LogP contribution in [0.15, 0.2) is 53.6 Å². The third-order valence-electron chi connectivity index (χ3n) is 5.26. The number of ether oxygens (including phenoxy) is 1. The van der Waals surface area contributed by atoms with Gasteiger partial charge in [0.25, 0.3) is 0 Å². The first-order valence-electron chi connectivity index (χ1n) is 10.4. The van der Waals surface area contributed by atoms with E-state index < -0.39 is 0 Å². The van der Waals surface area contributed by atoms with Gasteiger partial charge in [0.2, 0.25) is 5.91 Å². The minimum absolute atomic E-state index is 0.0195. The van der Waals surface area contributed by atoms with Gasteiger partial charge in [0, 0.05) is 18.5 Å². The molecule has 1 amide bonds. The molecule has 2 heterocycles. The second kappa shape index (κ2) is 9.49. The maximum absolute atomic E-state index is 12.7. The Bertz CT molecular complexity index is 1050. The van der Waals surface area contributed by atoms with Crippen LogP contribution in [0.4, 0.5) is 11.4 Å².